The molecule has 1 fully saturated rings. The molecule has 0 aliphatic heterocycles. The van der Waals surface area contributed by atoms with Gasteiger partial charge >= 0.3 is 0 Å². The van der Waals surface area contributed by atoms with Crippen LogP contribution >= 0.6 is 0 Å². The van der Waals surface area contributed by atoms with Crippen molar-refractivity contribution in [3.8, 4) is 5.75 Å². The molecule has 1 aliphatic carbocycles. The summed E-state index contributed by atoms with van der Waals surface area (Å²) in [5, 5.41) is 2.38. The zero-order valence-electron chi connectivity index (χ0n) is 9.94. The second kappa shape index (κ2) is 3.70. The smallest absolute Gasteiger partial charge is 0.119 e. The Morgan fingerprint density at radius 2 is 2.18 bits per heavy atom. The van der Waals surface area contributed by atoms with Crippen molar-refractivity contribution >= 4 is 10.8 Å². The van der Waals surface area contributed by atoms with Crippen molar-refractivity contribution in [3.05, 3.63) is 36.2 Å². The summed E-state index contributed by atoms with van der Waals surface area (Å²) >= 11 is 0. The molecular formula is C14H16N2O. The van der Waals surface area contributed by atoms with Crippen LogP contribution in [0, 0.1) is 0 Å². The van der Waals surface area contributed by atoms with Crippen molar-refractivity contribution < 1.29 is 4.74 Å². The number of benzene rings is 1. The van der Waals surface area contributed by atoms with Crippen LogP contribution in [0.1, 0.15) is 18.5 Å². The van der Waals surface area contributed by atoms with E-state index in [1.54, 1.807) is 7.11 Å². The Hall–Kier alpha value is -1.61. The molecule has 0 bridgehead atoms. The van der Waals surface area contributed by atoms with Crippen LogP contribution < -0.4 is 10.5 Å². The minimum Gasteiger partial charge on any atom is -0.497 e. The van der Waals surface area contributed by atoms with Crippen LogP contribution in [0.3, 0.4) is 0 Å². The maximum atomic E-state index is 5.88. The molecular weight excluding hydrogens is 212 g/mol. The van der Waals surface area contributed by atoms with Gasteiger partial charge in [-0.25, -0.2) is 0 Å². The summed E-state index contributed by atoms with van der Waals surface area (Å²) in [5.74, 6) is 0.882. The third kappa shape index (κ3) is 1.58. The summed E-state index contributed by atoms with van der Waals surface area (Å²) in [6.45, 7) is 0.686. The van der Waals surface area contributed by atoms with E-state index in [0.717, 1.165) is 24.3 Å². The molecule has 2 aromatic rings. The molecule has 1 heterocycles. The fourth-order valence-electron chi connectivity index (χ4n) is 2.39. The Labute approximate surface area is 101 Å². The van der Waals surface area contributed by atoms with Gasteiger partial charge in [0.25, 0.3) is 0 Å². The number of nitrogens with two attached hydrogens (primary N) is 1. The second-order valence-corrected chi connectivity index (χ2v) is 4.73. The quantitative estimate of drug-likeness (QED) is 0.876. The average Bonchev–Trinajstić information content (AvgIpc) is 3.18. The topological polar surface area (TPSA) is 48.1 Å². The molecule has 3 rings (SSSR count). The van der Waals surface area contributed by atoms with Gasteiger partial charge in [-0.15, -0.1) is 0 Å². The standard InChI is InChI=1S/C14H16N2O/c1-17-11-2-3-12-10(8-11)4-7-16-13(12)14(9-15)5-6-14/h2-4,7-8H,5-6,9,15H2,1H3. The second-order valence-electron chi connectivity index (χ2n) is 4.73. The number of pyridine rings is 1. The highest BCUT2D eigenvalue weighted by Gasteiger charge is 2.45. The van der Waals surface area contributed by atoms with E-state index < -0.39 is 0 Å². The number of nitrogens with zero attached hydrogens (tertiary/aromatic N) is 1. The van der Waals surface area contributed by atoms with E-state index in [4.69, 9.17) is 10.5 Å². The van der Waals surface area contributed by atoms with Crippen LogP contribution in [-0.2, 0) is 5.41 Å². The predicted molar refractivity (Wildman–Crippen MR) is 68.3 cm³/mol. The van der Waals surface area contributed by atoms with E-state index in [2.05, 4.69) is 11.1 Å². The van der Waals surface area contributed by atoms with Crippen molar-refractivity contribution in [2.45, 2.75) is 18.3 Å². The largest absolute Gasteiger partial charge is 0.497 e. The number of fused-ring (bicyclic) bond motifs is 1. The first kappa shape index (κ1) is 10.5. The molecule has 0 amide bonds. The van der Waals surface area contributed by atoms with Gasteiger partial charge in [0.15, 0.2) is 0 Å². The number of ether oxygens (including phenoxy) is 1. The summed E-state index contributed by atoms with van der Waals surface area (Å²) in [6.07, 6.45) is 4.18. The Morgan fingerprint density at radius 3 is 2.82 bits per heavy atom. The van der Waals surface area contributed by atoms with Crippen molar-refractivity contribution in [3.63, 3.8) is 0 Å². The lowest BCUT2D eigenvalue weighted by Gasteiger charge is -2.14. The molecule has 88 valence electrons. The predicted octanol–water partition coefficient (Wildman–Crippen LogP) is 2.23. The van der Waals surface area contributed by atoms with Crippen molar-refractivity contribution in [1.29, 1.82) is 0 Å². The summed E-state index contributed by atoms with van der Waals surface area (Å²) in [5.41, 5.74) is 7.17. The van der Waals surface area contributed by atoms with Gasteiger partial charge in [0, 0.05) is 23.5 Å². The Kier molecular flexibility index (Phi) is 2.30. The SMILES string of the molecule is COc1ccc2c(C3(CN)CC3)nccc2c1. The van der Waals surface area contributed by atoms with E-state index in [-0.39, 0.29) is 5.41 Å². The molecule has 3 nitrogen and oxygen atoms in total. The lowest BCUT2D eigenvalue weighted by Crippen LogP contribution is -2.21. The minimum atomic E-state index is 0.133. The Morgan fingerprint density at radius 1 is 1.35 bits per heavy atom. The molecule has 0 atom stereocenters. The molecule has 2 N–H and O–H groups in total. The molecule has 1 aromatic carbocycles. The van der Waals surface area contributed by atoms with Gasteiger partial charge < -0.3 is 10.5 Å². The number of hydrogen-bond acceptors (Lipinski definition) is 3. The summed E-state index contributed by atoms with van der Waals surface area (Å²) < 4.78 is 5.24. The van der Waals surface area contributed by atoms with Crippen molar-refractivity contribution in [2.24, 2.45) is 5.73 Å². The van der Waals surface area contributed by atoms with Crippen LogP contribution in [0.2, 0.25) is 0 Å². The lowest BCUT2D eigenvalue weighted by atomic mass is 9.96. The first-order valence-corrected chi connectivity index (χ1v) is 5.92. The first-order valence-electron chi connectivity index (χ1n) is 5.92. The van der Waals surface area contributed by atoms with E-state index in [0.29, 0.717) is 6.54 Å². The maximum Gasteiger partial charge on any atom is 0.119 e. The maximum absolute atomic E-state index is 5.88. The summed E-state index contributed by atoms with van der Waals surface area (Å²) in [4.78, 5) is 4.55. The molecule has 3 heteroatoms. The molecule has 0 saturated heterocycles. The molecule has 17 heavy (non-hydrogen) atoms. The fourth-order valence-corrected chi connectivity index (χ4v) is 2.39. The van der Waals surface area contributed by atoms with Crippen LogP contribution in [0.4, 0.5) is 0 Å². The van der Waals surface area contributed by atoms with E-state index in [1.807, 2.05) is 24.4 Å². The Balaban J connectivity index is 2.20. The highest BCUT2D eigenvalue weighted by atomic mass is 16.5. The monoisotopic (exact) mass is 228 g/mol. The molecule has 1 aliphatic rings. The molecule has 1 saturated carbocycles. The van der Waals surface area contributed by atoms with Gasteiger partial charge in [-0.05, 0) is 42.5 Å². The molecule has 0 spiro atoms. The summed E-state index contributed by atoms with van der Waals surface area (Å²) in [6, 6.07) is 8.15. The third-order valence-electron chi connectivity index (χ3n) is 3.72. The van der Waals surface area contributed by atoms with Gasteiger partial charge in [-0.1, -0.05) is 0 Å². The number of rotatable bonds is 3. The highest BCUT2D eigenvalue weighted by molar-refractivity contribution is 5.87. The summed E-state index contributed by atoms with van der Waals surface area (Å²) in [7, 11) is 1.69. The van der Waals surface area contributed by atoms with Crippen LogP contribution in [0.5, 0.6) is 5.75 Å². The van der Waals surface area contributed by atoms with E-state index >= 15 is 0 Å². The molecule has 0 radical (unpaired) electrons. The minimum absolute atomic E-state index is 0.133. The molecule has 0 unspecified atom stereocenters. The molecule has 1 aromatic heterocycles. The van der Waals surface area contributed by atoms with E-state index in [1.165, 1.54) is 10.8 Å². The van der Waals surface area contributed by atoms with Crippen molar-refractivity contribution in [2.75, 3.05) is 13.7 Å². The van der Waals surface area contributed by atoms with Crippen LogP contribution in [0.25, 0.3) is 10.8 Å². The van der Waals surface area contributed by atoms with Gasteiger partial charge in [-0.2, -0.15) is 0 Å². The van der Waals surface area contributed by atoms with E-state index in [9.17, 15) is 0 Å². The van der Waals surface area contributed by atoms with Crippen molar-refractivity contribution in [1.82, 2.24) is 4.98 Å². The number of methoxy groups -OCH3 is 1. The van der Waals surface area contributed by atoms with Gasteiger partial charge in [0.05, 0.1) is 12.8 Å². The third-order valence-corrected chi connectivity index (χ3v) is 3.72. The Bertz CT molecular complexity index is 561. The van der Waals surface area contributed by atoms with Crippen LogP contribution in [-0.4, -0.2) is 18.6 Å². The number of hydrogen-bond donors (Lipinski definition) is 1. The average molecular weight is 228 g/mol. The lowest BCUT2D eigenvalue weighted by molar-refractivity contribution is 0.415. The van der Waals surface area contributed by atoms with Gasteiger partial charge in [0.1, 0.15) is 5.75 Å². The van der Waals surface area contributed by atoms with Gasteiger partial charge in [-0.3, -0.25) is 4.98 Å². The number of aromatic nitrogens is 1. The van der Waals surface area contributed by atoms with Crippen LogP contribution in [0.15, 0.2) is 30.5 Å². The van der Waals surface area contributed by atoms with Gasteiger partial charge in [0.2, 0.25) is 0 Å². The zero-order valence-corrected chi connectivity index (χ0v) is 9.94. The zero-order chi connectivity index (χ0) is 11.9. The first-order chi connectivity index (χ1) is 8.29. The highest BCUT2D eigenvalue weighted by Crippen LogP contribution is 2.48. The normalized spacial score (nSPS) is 17.1. The fraction of sp³-hybridized carbons (Fsp3) is 0.357.